The number of likely N-dealkylation sites (tertiary alicyclic amines) is 2. The highest BCUT2D eigenvalue weighted by atomic mass is 32.1. The van der Waals surface area contributed by atoms with E-state index in [4.69, 9.17) is 19.4 Å². The number of amides is 2. The Morgan fingerprint density at radius 2 is 1.27 bits per heavy atom. The van der Waals surface area contributed by atoms with E-state index in [0.717, 1.165) is 77.4 Å². The Balaban J connectivity index is 0.974. The summed E-state index contributed by atoms with van der Waals surface area (Å²) in [6.07, 6.45) is 9.57. The second kappa shape index (κ2) is 11.6. The molecule has 6 atom stereocenters. The van der Waals surface area contributed by atoms with Gasteiger partial charge in [-0.2, -0.15) is 0 Å². The number of fused-ring (bicyclic) bond motifs is 7. The molecule has 11 heteroatoms. The summed E-state index contributed by atoms with van der Waals surface area (Å²) in [5.41, 5.74) is 1.88. The molecule has 0 radical (unpaired) electrons. The number of benzene rings is 2. The highest BCUT2D eigenvalue weighted by Gasteiger charge is 2.52. The standard InChI is InChI=1S/C40H46N6O4S/c1-39(2,3)49-37(47)45-26-12-9-23(16-26)32(45)35-41-19-29(43-35)22-11-14-28-21(15-22)7-8-25-18-31(51-34(25)28)30-20-42-36(44-30)33-24-10-13-27(17-24)46(33)38(48)50-40(4,5)6/h7-8,11,14-15,18-20,23-24,26-27,32-33H,9-10,12-13,16-17H2,1-6H3,(H,41,43)(H,42,44)/t23-,24-,26+,27+,32?,33?/m0/s1. The van der Waals surface area contributed by atoms with Crippen LogP contribution in [0, 0.1) is 11.8 Å². The van der Waals surface area contributed by atoms with Crippen LogP contribution in [0.3, 0.4) is 0 Å². The number of hydrogen-bond donors (Lipinski definition) is 2. The predicted molar refractivity (Wildman–Crippen MR) is 198 cm³/mol. The van der Waals surface area contributed by atoms with Crippen molar-refractivity contribution in [2.75, 3.05) is 0 Å². The number of aromatic amines is 2. The first-order valence-corrected chi connectivity index (χ1v) is 19.2. The van der Waals surface area contributed by atoms with E-state index in [0.29, 0.717) is 11.8 Å². The van der Waals surface area contributed by atoms with Crippen molar-refractivity contribution in [3.63, 3.8) is 0 Å². The molecule has 2 aromatic carbocycles. The molecule has 2 aliphatic carbocycles. The molecule has 4 fully saturated rings. The van der Waals surface area contributed by atoms with Crippen molar-refractivity contribution >= 4 is 44.4 Å². The lowest BCUT2D eigenvalue weighted by molar-refractivity contribution is 0.00523. The van der Waals surface area contributed by atoms with E-state index in [9.17, 15) is 9.59 Å². The van der Waals surface area contributed by atoms with Crippen LogP contribution >= 0.6 is 11.3 Å². The van der Waals surface area contributed by atoms with Crippen molar-refractivity contribution in [2.24, 2.45) is 11.8 Å². The number of aromatic nitrogens is 4. The maximum Gasteiger partial charge on any atom is 0.411 e. The SMILES string of the molecule is CC(C)(C)OC(=O)N1C(c2ncc(-c3ccc4c(ccc5cc(-c6cnc(C7[C@H]8CC[C@H](C8)N7C(=O)OC(C)(C)C)[nH]6)sc54)c3)[nH]2)[C@H]2CC[C@@H]1C2. The summed E-state index contributed by atoms with van der Waals surface area (Å²) in [5, 5.41) is 3.53. The zero-order valence-corrected chi connectivity index (χ0v) is 31.0. The highest BCUT2D eigenvalue weighted by Crippen LogP contribution is 2.52. The summed E-state index contributed by atoms with van der Waals surface area (Å²) in [7, 11) is 0. The molecule has 2 unspecified atom stereocenters. The molecule has 2 aliphatic heterocycles. The van der Waals surface area contributed by atoms with E-state index in [1.54, 1.807) is 11.3 Å². The van der Waals surface area contributed by atoms with Crippen molar-refractivity contribution < 1.29 is 19.1 Å². The number of hydrogen-bond acceptors (Lipinski definition) is 7. The zero-order chi connectivity index (χ0) is 35.4. The Kier molecular flexibility index (Phi) is 7.37. The number of imidazole rings is 2. The number of piperidine rings is 2. The van der Waals surface area contributed by atoms with Crippen LogP contribution in [0.25, 0.3) is 42.7 Å². The van der Waals surface area contributed by atoms with Gasteiger partial charge in [-0.15, -0.1) is 11.3 Å². The van der Waals surface area contributed by atoms with Crippen molar-refractivity contribution in [1.29, 1.82) is 0 Å². The molecule has 4 aliphatic rings. The molecular weight excluding hydrogens is 661 g/mol. The van der Waals surface area contributed by atoms with Crippen LogP contribution in [0.2, 0.25) is 0 Å². The fourth-order valence-corrected chi connectivity index (χ4v) is 10.4. The fraction of sp³-hybridized carbons (Fsp3) is 0.500. The lowest BCUT2D eigenvalue weighted by Gasteiger charge is -2.35. The molecule has 266 valence electrons. The van der Waals surface area contributed by atoms with E-state index in [1.807, 2.05) is 63.7 Å². The van der Waals surface area contributed by atoms with Gasteiger partial charge < -0.3 is 19.4 Å². The third-order valence-electron chi connectivity index (χ3n) is 11.2. The van der Waals surface area contributed by atoms with Crippen molar-refractivity contribution in [3.8, 4) is 21.8 Å². The highest BCUT2D eigenvalue weighted by molar-refractivity contribution is 7.23. The summed E-state index contributed by atoms with van der Waals surface area (Å²) >= 11 is 1.76. The van der Waals surface area contributed by atoms with Gasteiger partial charge in [0.15, 0.2) is 0 Å². The quantitative estimate of drug-likeness (QED) is 0.192. The molecular formula is C40H46N6O4S. The Hall–Kier alpha value is -4.38. The van der Waals surface area contributed by atoms with Crippen LogP contribution in [-0.4, -0.2) is 65.2 Å². The van der Waals surface area contributed by atoms with Gasteiger partial charge in [-0.05, 0) is 120 Å². The molecule has 2 N–H and O–H groups in total. The molecule has 2 saturated heterocycles. The number of nitrogens with one attached hydrogen (secondary N) is 2. The van der Waals surface area contributed by atoms with Crippen molar-refractivity contribution in [2.45, 2.75) is 115 Å². The number of carbonyl (C=O) groups excluding carboxylic acids is 2. The van der Waals surface area contributed by atoms with Gasteiger partial charge in [0.2, 0.25) is 0 Å². The molecule has 2 saturated carbocycles. The van der Waals surface area contributed by atoms with Crippen LogP contribution < -0.4 is 0 Å². The summed E-state index contributed by atoms with van der Waals surface area (Å²) < 4.78 is 12.9. The van der Waals surface area contributed by atoms with Gasteiger partial charge in [0.25, 0.3) is 0 Å². The average Bonchev–Trinajstić information content (AvgIpc) is 3.91. The van der Waals surface area contributed by atoms with E-state index in [2.05, 4.69) is 46.4 Å². The molecule has 10 nitrogen and oxygen atoms in total. The van der Waals surface area contributed by atoms with Crippen LogP contribution in [0.4, 0.5) is 9.59 Å². The van der Waals surface area contributed by atoms with Crippen molar-refractivity contribution in [3.05, 3.63) is 60.4 Å². The topological polar surface area (TPSA) is 116 Å². The fourth-order valence-electron chi connectivity index (χ4n) is 9.21. The average molecular weight is 707 g/mol. The van der Waals surface area contributed by atoms with E-state index < -0.39 is 11.2 Å². The van der Waals surface area contributed by atoms with Gasteiger partial charge in [-0.1, -0.05) is 24.3 Å². The molecule has 0 spiro atoms. The van der Waals surface area contributed by atoms with Crippen molar-refractivity contribution in [1.82, 2.24) is 29.7 Å². The summed E-state index contributed by atoms with van der Waals surface area (Å²) in [6.45, 7) is 11.5. The minimum Gasteiger partial charge on any atom is -0.444 e. The Morgan fingerprint density at radius 1 is 0.725 bits per heavy atom. The van der Waals surface area contributed by atoms with Gasteiger partial charge >= 0.3 is 12.2 Å². The second-order valence-electron chi connectivity index (χ2n) is 17.0. The van der Waals surface area contributed by atoms with Crippen LogP contribution in [0.15, 0.2) is 48.8 Å². The summed E-state index contributed by atoms with van der Waals surface area (Å²) in [6, 6.07) is 13.4. The smallest absolute Gasteiger partial charge is 0.411 e. The lowest BCUT2D eigenvalue weighted by Crippen LogP contribution is -2.43. The van der Waals surface area contributed by atoms with Crippen LogP contribution in [0.1, 0.15) is 104 Å². The third kappa shape index (κ3) is 5.68. The maximum atomic E-state index is 13.3. The first-order chi connectivity index (χ1) is 24.3. The van der Waals surface area contributed by atoms with Gasteiger partial charge in [0, 0.05) is 22.3 Å². The molecule has 3 aromatic heterocycles. The minimum absolute atomic E-state index is 0.0897. The molecule has 5 heterocycles. The molecule has 2 amide bonds. The normalized spacial score (nSPS) is 25.8. The largest absolute Gasteiger partial charge is 0.444 e. The number of H-pyrrole nitrogens is 2. The van der Waals surface area contributed by atoms with E-state index in [1.165, 1.54) is 15.5 Å². The number of rotatable bonds is 4. The molecule has 51 heavy (non-hydrogen) atoms. The number of nitrogens with zero attached hydrogens (tertiary/aromatic N) is 4. The zero-order valence-electron chi connectivity index (χ0n) is 30.2. The van der Waals surface area contributed by atoms with Gasteiger partial charge in [-0.3, -0.25) is 9.80 Å². The Bertz CT molecular complexity index is 2170. The van der Waals surface area contributed by atoms with Crippen LogP contribution in [0.5, 0.6) is 0 Å². The lowest BCUT2D eigenvalue weighted by atomic mass is 9.98. The molecule has 9 rings (SSSR count). The third-order valence-corrected chi connectivity index (χ3v) is 12.4. The number of carbonyl (C=O) groups is 2. The molecule has 5 aromatic rings. The molecule has 4 bridgehead atoms. The monoisotopic (exact) mass is 706 g/mol. The predicted octanol–water partition coefficient (Wildman–Crippen LogP) is 9.76. The minimum atomic E-state index is -0.542. The van der Waals surface area contributed by atoms with Gasteiger partial charge in [0.05, 0.1) is 40.7 Å². The Labute approximate surface area is 301 Å². The first kappa shape index (κ1) is 32.5. The summed E-state index contributed by atoms with van der Waals surface area (Å²) in [5.74, 6) is 2.46. The number of ether oxygens (including phenoxy) is 2. The Morgan fingerprint density at radius 3 is 1.86 bits per heavy atom. The number of thiophene rings is 1. The second-order valence-corrected chi connectivity index (χ2v) is 18.1. The maximum absolute atomic E-state index is 13.3. The summed E-state index contributed by atoms with van der Waals surface area (Å²) in [4.78, 5) is 48.4. The van der Waals surface area contributed by atoms with Crippen LogP contribution in [-0.2, 0) is 9.47 Å². The first-order valence-electron chi connectivity index (χ1n) is 18.4. The van der Waals surface area contributed by atoms with E-state index >= 15 is 0 Å². The van der Waals surface area contributed by atoms with Gasteiger partial charge in [-0.25, -0.2) is 19.6 Å². The van der Waals surface area contributed by atoms with Gasteiger partial charge in [0.1, 0.15) is 22.9 Å². The van der Waals surface area contributed by atoms with E-state index in [-0.39, 0.29) is 36.4 Å².